The van der Waals surface area contributed by atoms with E-state index in [1.165, 1.54) is 12.1 Å². The Balaban J connectivity index is 3.05. The van der Waals surface area contributed by atoms with Gasteiger partial charge in [-0.05, 0) is 6.07 Å². The fourth-order valence-corrected chi connectivity index (χ4v) is 1.38. The Labute approximate surface area is 102 Å². The molecular weight excluding hydrogens is 242 g/mol. The van der Waals surface area contributed by atoms with Gasteiger partial charge >= 0.3 is 5.97 Å². The minimum atomic E-state index is -1.21. The van der Waals surface area contributed by atoms with Crippen LogP contribution in [0.4, 0.5) is 0 Å². The molecule has 0 bridgehead atoms. The molecule has 8 nitrogen and oxygen atoms in total. The van der Waals surface area contributed by atoms with Gasteiger partial charge in [-0.3, -0.25) is 14.4 Å². The largest absolute Gasteiger partial charge is 0.480 e. The van der Waals surface area contributed by atoms with E-state index < -0.39 is 24.0 Å². The van der Waals surface area contributed by atoms with Crippen LogP contribution < -0.4 is 11.3 Å². The highest BCUT2D eigenvalue weighted by atomic mass is 16.5. The standard InChI is InChI=1S/C10H13N3O5/c11-4-5-12(6-9(15)16)10(17)7-2-1-3-8(14)13(7)18/h1-3,18H,4-6,11H2,(H,15,16). The number of aromatic nitrogens is 1. The molecule has 0 atom stereocenters. The van der Waals surface area contributed by atoms with Crippen LogP contribution in [0.15, 0.2) is 23.0 Å². The average molecular weight is 255 g/mol. The monoisotopic (exact) mass is 255 g/mol. The van der Waals surface area contributed by atoms with Crippen molar-refractivity contribution >= 4 is 11.9 Å². The van der Waals surface area contributed by atoms with Crippen LogP contribution in [-0.2, 0) is 4.79 Å². The molecule has 1 aromatic heterocycles. The summed E-state index contributed by atoms with van der Waals surface area (Å²) in [4.78, 5) is 34.6. The van der Waals surface area contributed by atoms with Crippen LogP contribution in [0, 0.1) is 0 Å². The Kier molecular flexibility index (Phi) is 4.44. The summed E-state index contributed by atoms with van der Waals surface area (Å²) >= 11 is 0. The number of carbonyl (C=O) groups is 2. The Hall–Kier alpha value is -2.35. The second-order valence-electron chi connectivity index (χ2n) is 3.47. The summed E-state index contributed by atoms with van der Waals surface area (Å²) in [6.45, 7) is -0.477. The first-order valence-electron chi connectivity index (χ1n) is 5.10. The van der Waals surface area contributed by atoms with Gasteiger partial charge in [0, 0.05) is 19.2 Å². The van der Waals surface area contributed by atoms with Crippen molar-refractivity contribution < 1.29 is 19.9 Å². The molecule has 0 saturated carbocycles. The Morgan fingerprint density at radius 2 is 2.06 bits per heavy atom. The molecule has 0 aliphatic heterocycles. The first kappa shape index (κ1) is 13.7. The minimum Gasteiger partial charge on any atom is -0.480 e. The van der Waals surface area contributed by atoms with Crippen LogP contribution >= 0.6 is 0 Å². The first-order valence-corrected chi connectivity index (χ1v) is 5.10. The highest BCUT2D eigenvalue weighted by Crippen LogP contribution is 2.01. The molecule has 0 saturated heterocycles. The predicted octanol–water partition coefficient (Wildman–Crippen LogP) is -1.43. The van der Waals surface area contributed by atoms with Crippen molar-refractivity contribution in [3.05, 3.63) is 34.2 Å². The van der Waals surface area contributed by atoms with E-state index in [0.29, 0.717) is 0 Å². The van der Waals surface area contributed by atoms with Gasteiger partial charge in [0.1, 0.15) is 12.2 Å². The Bertz CT molecular complexity index is 510. The Morgan fingerprint density at radius 1 is 1.39 bits per heavy atom. The summed E-state index contributed by atoms with van der Waals surface area (Å²) in [5.74, 6) is -1.98. The van der Waals surface area contributed by atoms with Crippen molar-refractivity contribution in [2.75, 3.05) is 19.6 Å². The maximum Gasteiger partial charge on any atom is 0.323 e. The molecule has 1 rings (SSSR count). The zero-order chi connectivity index (χ0) is 13.7. The van der Waals surface area contributed by atoms with Crippen LogP contribution in [0.1, 0.15) is 10.5 Å². The molecule has 1 aromatic rings. The number of amides is 1. The topological polar surface area (TPSA) is 126 Å². The maximum atomic E-state index is 11.9. The number of pyridine rings is 1. The first-order chi connectivity index (χ1) is 8.47. The molecule has 0 radical (unpaired) electrons. The van der Waals surface area contributed by atoms with Crippen molar-refractivity contribution in [2.45, 2.75) is 0 Å². The number of hydrogen-bond donors (Lipinski definition) is 3. The van der Waals surface area contributed by atoms with E-state index in [-0.39, 0.29) is 23.5 Å². The fourth-order valence-electron chi connectivity index (χ4n) is 1.38. The van der Waals surface area contributed by atoms with E-state index in [0.717, 1.165) is 11.0 Å². The van der Waals surface area contributed by atoms with Gasteiger partial charge in [0.2, 0.25) is 0 Å². The summed E-state index contributed by atoms with van der Waals surface area (Å²) in [5.41, 5.74) is 4.19. The SMILES string of the molecule is NCCN(CC(=O)O)C(=O)c1cccc(=O)n1O. The minimum absolute atomic E-state index is 0.00815. The second kappa shape index (κ2) is 5.82. The second-order valence-corrected chi connectivity index (χ2v) is 3.47. The Morgan fingerprint density at radius 3 is 2.61 bits per heavy atom. The molecular formula is C10H13N3O5. The van der Waals surface area contributed by atoms with E-state index in [9.17, 15) is 19.6 Å². The molecule has 0 fully saturated rings. The third-order valence-corrected chi connectivity index (χ3v) is 2.16. The fraction of sp³-hybridized carbons (Fsp3) is 0.300. The van der Waals surface area contributed by atoms with Gasteiger partial charge in [-0.1, -0.05) is 6.07 Å². The quantitative estimate of drug-likeness (QED) is 0.554. The summed E-state index contributed by atoms with van der Waals surface area (Å²) < 4.78 is 0.174. The molecule has 0 aliphatic carbocycles. The van der Waals surface area contributed by atoms with Gasteiger partial charge < -0.3 is 20.9 Å². The van der Waals surface area contributed by atoms with Gasteiger partial charge in [0.05, 0.1) is 0 Å². The smallest absolute Gasteiger partial charge is 0.323 e. The molecule has 0 spiro atoms. The molecule has 98 valence electrons. The van der Waals surface area contributed by atoms with Crippen molar-refractivity contribution in [3.63, 3.8) is 0 Å². The normalized spacial score (nSPS) is 10.1. The third kappa shape index (κ3) is 3.08. The van der Waals surface area contributed by atoms with Crippen molar-refractivity contribution in [2.24, 2.45) is 5.73 Å². The van der Waals surface area contributed by atoms with Crippen molar-refractivity contribution in [1.29, 1.82) is 0 Å². The number of hydrogen-bond acceptors (Lipinski definition) is 5. The number of carbonyl (C=O) groups excluding carboxylic acids is 1. The van der Waals surface area contributed by atoms with Crippen LogP contribution in [-0.4, -0.2) is 51.5 Å². The number of nitrogens with zero attached hydrogens (tertiary/aromatic N) is 2. The van der Waals surface area contributed by atoms with Crippen molar-refractivity contribution in [3.8, 4) is 0 Å². The van der Waals surface area contributed by atoms with Gasteiger partial charge in [0.25, 0.3) is 11.5 Å². The molecule has 18 heavy (non-hydrogen) atoms. The lowest BCUT2D eigenvalue weighted by molar-refractivity contribution is -0.137. The van der Waals surface area contributed by atoms with Crippen molar-refractivity contribution in [1.82, 2.24) is 9.63 Å². The zero-order valence-electron chi connectivity index (χ0n) is 9.44. The number of nitrogens with two attached hydrogens (primary N) is 1. The predicted molar refractivity (Wildman–Crippen MR) is 60.5 cm³/mol. The number of carboxylic acids is 1. The average Bonchev–Trinajstić information content (AvgIpc) is 2.31. The van der Waals surface area contributed by atoms with Crippen LogP contribution in [0.2, 0.25) is 0 Å². The van der Waals surface area contributed by atoms with Crippen LogP contribution in [0.5, 0.6) is 0 Å². The van der Waals surface area contributed by atoms with E-state index in [2.05, 4.69) is 0 Å². The molecule has 0 aromatic carbocycles. The number of carboxylic acid groups (broad SMARTS) is 1. The highest BCUT2D eigenvalue weighted by molar-refractivity contribution is 5.94. The molecule has 0 unspecified atom stereocenters. The summed E-state index contributed by atoms with van der Waals surface area (Å²) in [6.07, 6.45) is 0. The highest BCUT2D eigenvalue weighted by Gasteiger charge is 2.21. The van der Waals surface area contributed by atoms with E-state index >= 15 is 0 Å². The van der Waals surface area contributed by atoms with Crippen LogP contribution in [0.3, 0.4) is 0 Å². The lowest BCUT2D eigenvalue weighted by Crippen LogP contribution is -2.41. The molecule has 4 N–H and O–H groups in total. The molecule has 0 aliphatic rings. The van der Waals surface area contributed by atoms with Gasteiger partial charge in [-0.2, -0.15) is 0 Å². The van der Waals surface area contributed by atoms with Gasteiger partial charge in [-0.15, -0.1) is 4.73 Å². The lowest BCUT2D eigenvalue weighted by atomic mass is 10.3. The summed E-state index contributed by atoms with van der Waals surface area (Å²) in [7, 11) is 0. The lowest BCUT2D eigenvalue weighted by Gasteiger charge is -2.20. The molecule has 1 heterocycles. The summed E-state index contributed by atoms with van der Waals surface area (Å²) in [5, 5.41) is 18.1. The van der Waals surface area contributed by atoms with E-state index in [1.807, 2.05) is 0 Å². The van der Waals surface area contributed by atoms with Gasteiger partial charge in [-0.25, -0.2) is 0 Å². The number of aliphatic carboxylic acids is 1. The molecule has 1 amide bonds. The van der Waals surface area contributed by atoms with Gasteiger partial charge in [0.15, 0.2) is 0 Å². The zero-order valence-corrected chi connectivity index (χ0v) is 9.44. The molecule has 8 heteroatoms. The van der Waals surface area contributed by atoms with Crippen LogP contribution in [0.25, 0.3) is 0 Å². The van der Waals surface area contributed by atoms with E-state index in [4.69, 9.17) is 10.8 Å². The van der Waals surface area contributed by atoms with E-state index in [1.54, 1.807) is 0 Å². The summed E-state index contributed by atoms with van der Waals surface area (Å²) in [6, 6.07) is 3.58. The third-order valence-electron chi connectivity index (χ3n) is 2.16. The number of rotatable bonds is 5. The maximum absolute atomic E-state index is 11.9.